The molecule has 1 saturated carbocycles. The quantitative estimate of drug-likeness (QED) is 0.511. The first-order valence-corrected chi connectivity index (χ1v) is 4.30. The molecule has 0 aromatic rings. The molecule has 2 heteroatoms. The van der Waals surface area contributed by atoms with Gasteiger partial charge in [0.15, 0.2) is 0 Å². The molecule has 0 N–H and O–H groups in total. The van der Waals surface area contributed by atoms with Crippen LogP contribution in [0.15, 0.2) is 11.1 Å². The minimum atomic E-state index is 0.349. The van der Waals surface area contributed by atoms with Crippen molar-refractivity contribution in [1.82, 2.24) is 0 Å². The van der Waals surface area contributed by atoms with Crippen LogP contribution in [-0.4, -0.2) is 0 Å². The summed E-state index contributed by atoms with van der Waals surface area (Å²) in [6.45, 7) is 2.17. The topological polar surface area (TPSA) is 47.6 Å². The number of nitriles is 2. The zero-order valence-electron chi connectivity index (χ0n) is 7.30. The van der Waals surface area contributed by atoms with E-state index in [1.54, 1.807) is 0 Å². The standard InChI is InChI=1S/C10H12N2/c1-8-3-2-4-9(5-8)10(6-11)7-12/h8H,2-5H2,1H3. The predicted octanol–water partition coefficient (Wildman–Crippen LogP) is 2.54. The van der Waals surface area contributed by atoms with Crippen LogP contribution in [0.25, 0.3) is 0 Å². The number of hydrogen-bond acceptors (Lipinski definition) is 2. The van der Waals surface area contributed by atoms with Gasteiger partial charge >= 0.3 is 0 Å². The van der Waals surface area contributed by atoms with Crippen LogP contribution in [0.2, 0.25) is 0 Å². The first kappa shape index (κ1) is 8.81. The maximum Gasteiger partial charge on any atom is 0.128 e. The van der Waals surface area contributed by atoms with Gasteiger partial charge < -0.3 is 0 Å². The average Bonchev–Trinajstić information content (AvgIpc) is 2.07. The van der Waals surface area contributed by atoms with Gasteiger partial charge in [-0.3, -0.25) is 0 Å². The van der Waals surface area contributed by atoms with Gasteiger partial charge in [-0.05, 0) is 30.8 Å². The molecule has 0 aliphatic heterocycles. The summed E-state index contributed by atoms with van der Waals surface area (Å²) in [7, 11) is 0. The molecule has 12 heavy (non-hydrogen) atoms. The highest BCUT2D eigenvalue weighted by Gasteiger charge is 2.15. The molecule has 1 fully saturated rings. The molecular weight excluding hydrogens is 148 g/mol. The summed E-state index contributed by atoms with van der Waals surface area (Å²) < 4.78 is 0. The average molecular weight is 160 g/mol. The Hall–Kier alpha value is -1.28. The monoisotopic (exact) mass is 160 g/mol. The highest BCUT2D eigenvalue weighted by molar-refractivity contribution is 5.40. The Morgan fingerprint density at radius 2 is 2.08 bits per heavy atom. The van der Waals surface area contributed by atoms with Gasteiger partial charge in [0.1, 0.15) is 17.7 Å². The second-order valence-corrected chi connectivity index (χ2v) is 3.40. The molecular formula is C10H12N2. The van der Waals surface area contributed by atoms with Gasteiger partial charge in [0.25, 0.3) is 0 Å². The maximum absolute atomic E-state index is 8.63. The molecule has 0 saturated heterocycles. The van der Waals surface area contributed by atoms with E-state index >= 15 is 0 Å². The highest BCUT2D eigenvalue weighted by atomic mass is 14.3. The van der Waals surface area contributed by atoms with Crippen LogP contribution in [-0.2, 0) is 0 Å². The lowest BCUT2D eigenvalue weighted by Gasteiger charge is -2.19. The van der Waals surface area contributed by atoms with E-state index < -0.39 is 0 Å². The molecule has 0 bridgehead atoms. The van der Waals surface area contributed by atoms with E-state index in [1.165, 1.54) is 6.42 Å². The van der Waals surface area contributed by atoms with E-state index in [0.29, 0.717) is 11.5 Å². The molecule has 0 heterocycles. The van der Waals surface area contributed by atoms with Crippen LogP contribution in [0.5, 0.6) is 0 Å². The highest BCUT2D eigenvalue weighted by Crippen LogP contribution is 2.29. The fourth-order valence-electron chi connectivity index (χ4n) is 1.70. The van der Waals surface area contributed by atoms with Crippen molar-refractivity contribution in [2.75, 3.05) is 0 Å². The molecule has 2 nitrogen and oxygen atoms in total. The van der Waals surface area contributed by atoms with Crippen molar-refractivity contribution in [2.45, 2.75) is 32.6 Å². The van der Waals surface area contributed by atoms with Gasteiger partial charge in [-0.15, -0.1) is 0 Å². The van der Waals surface area contributed by atoms with Crippen molar-refractivity contribution in [3.8, 4) is 12.1 Å². The summed E-state index contributed by atoms with van der Waals surface area (Å²) >= 11 is 0. The van der Waals surface area contributed by atoms with E-state index in [4.69, 9.17) is 10.5 Å². The molecule has 0 aromatic carbocycles. The van der Waals surface area contributed by atoms with Gasteiger partial charge in [0, 0.05) is 0 Å². The van der Waals surface area contributed by atoms with Crippen molar-refractivity contribution in [3.05, 3.63) is 11.1 Å². The normalized spacial score (nSPS) is 22.6. The van der Waals surface area contributed by atoms with Crippen molar-refractivity contribution in [1.29, 1.82) is 10.5 Å². The predicted molar refractivity (Wildman–Crippen MR) is 45.9 cm³/mol. The Morgan fingerprint density at radius 1 is 1.42 bits per heavy atom. The van der Waals surface area contributed by atoms with E-state index in [0.717, 1.165) is 24.8 Å². The van der Waals surface area contributed by atoms with Gasteiger partial charge in [-0.1, -0.05) is 13.3 Å². The number of allylic oxidation sites excluding steroid dienone is 2. The first-order valence-electron chi connectivity index (χ1n) is 4.30. The van der Waals surface area contributed by atoms with Crippen LogP contribution in [0.4, 0.5) is 0 Å². The summed E-state index contributed by atoms with van der Waals surface area (Å²) in [5.41, 5.74) is 1.42. The zero-order valence-corrected chi connectivity index (χ0v) is 7.30. The van der Waals surface area contributed by atoms with Crippen LogP contribution in [0.3, 0.4) is 0 Å². The Bertz CT molecular complexity index is 259. The summed E-state index contributed by atoms with van der Waals surface area (Å²) in [6, 6.07) is 3.92. The van der Waals surface area contributed by atoms with E-state index in [2.05, 4.69) is 6.92 Å². The molecule has 0 aromatic heterocycles. The third kappa shape index (κ3) is 1.86. The molecule has 1 aliphatic carbocycles. The lowest BCUT2D eigenvalue weighted by Crippen LogP contribution is -2.05. The fourth-order valence-corrected chi connectivity index (χ4v) is 1.70. The largest absolute Gasteiger partial charge is 0.192 e. The smallest absolute Gasteiger partial charge is 0.128 e. The minimum absolute atomic E-state index is 0.349. The van der Waals surface area contributed by atoms with E-state index in [-0.39, 0.29) is 0 Å². The van der Waals surface area contributed by atoms with Gasteiger partial charge in [-0.25, -0.2) is 0 Å². The molecule has 0 radical (unpaired) electrons. The van der Waals surface area contributed by atoms with Crippen molar-refractivity contribution >= 4 is 0 Å². The van der Waals surface area contributed by atoms with Crippen LogP contribution < -0.4 is 0 Å². The third-order valence-corrected chi connectivity index (χ3v) is 2.35. The molecule has 1 aliphatic rings. The number of nitrogens with zero attached hydrogens (tertiary/aromatic N) is 2. The second kappa shape index (κ2) is 3.93. The Labute approximate surface area is 73.1 Å². The Morgan fingerprint density at radius 3 is 2.58 bits per heavy atom. The van der Waals surface area contributed by atoms with E-state index in [1.807, 2.05) is 12.1 Å². The van der Waals surface area contributed by atoms with Crippen molar-refractivity contribution < 1.29 is 0 Å². The SMILES string of the molecule is CC1CCCC(=C(C#N)C#N)C1. The summed E-state index contributed by atoms with van der Waals surface area (Å²) in [5, 5.41) is 17.3. The summed E-state index contributed by atoms with van der Waals surface area (Å²) in [4.78, 5) is 0. The maximum atomic E-state index is 8.63. The van der Waals surface area contributed by atoms with Crippen molar-refractivity contribution in [3.63, 3.8) is 0 Å². The Kier molecular flexibility index (Phi) is 2.88. The molecule has 1 unspecified atom stereocenters. The molecule has 0 spiro atoms. The molecule has 62 valence electrons. The third-order valence-electron chi connectivity index (χ3n) is 2.35. The van der Waals surface area contributed by atoms with Gasteiger partial charge in [0.05, 0.1) is 0 Å². The Balaban J connectivity index is 2.81. The van der Waals surface area contributed by atoms with Gasteiger partial charge in [-0.2, -0.15) is 10.5 Å². The van der Waals surface area contributed by atoms with Crippen LogP contribution in [0.1, 0.15) is 32.6 Å². The van der Waals surface area contributed by atoms with Crippen LogP contribution in [0, 0.1) is 28.6 Å². The van der Waals surface area contributed by atoms with Crippen LogP contribution >= 0.6 is 0 Å². The van der Waals surface area contributed by atoms with Crippen molar-refractivity contribution in [2.24, 2.45) is 5.92 Å². The minimum Gasteiger partial charge on any atom is -0.192 e. The summed E-state index contributed by atoms with van der Waals surface area (Å²) in [6.07, 6.45) is 4.24. The van der Waals surface area contributed by atoms with E-state index in [9.17, 15) is 0 Å². The fraction of sp³-hybridized carbons (Fsp3) is 0.600. The number of rotatable bonds is 0. The molecule has 1 rings (SSSR count). The lowest BCUT2D eigenvalue weighted by molar-refractivity contribution is 0.452. The molecule has 1 atom stereocenters. The zero-order chi connectivity index (χ0) is 8.97. The number of hydrogen-bond donors (Lipinski definition) is 0. The van der Waals surface area contributed by atoms with Gasteiger partial charge in [0.2, 0.25) is 0 Å². The second-order valence-electron chi connectivity index (χ2n) is 3.40. The summed E-state index contributed by atoms with van der Waals surface area (Å²) in [5.74, 6) is 0.644. The molecule has 0 amide bonds. The first-order chi connectivity index (χ1) is 5.77. The lowest BCUT2D eigenvalue weighted by atomic mass is 9.85.